The van der Waals surface area contributed by atoms with Gasteiger partial charge >= 0.3 is 0 Å². The molecule has 1 fully saturated rings. The quantitative estimate of drug-likeness (QED) is 0.899. The van der Waals surface area contributed by atoms with Crippen molar-refractivity contribution >= 4 is 0 Å². The molecule has 1 aromatic carbocycles. The summed E-state index contributed by atoms with van der Waals surface area (Å²) in [5.41, 5.74) is 2.84. The molecule has 0 spiro atoms. The van der Waals surface area contributed by atoms with E-state index >= 15 is 0 Å². The molecule has 0 saturated carbocycles. The van der Waals surface area contributed by atoms with Gasteiger partial charge in [-0.3, -0.25) is 0 Å². The lowest BCUT2D eigenvalue weighted by molar-refractivity contribution is 0.204. The molecule has 2 nitrogen and oxygen atoms in total. The number of aryl methyl sites for hydroxylation is 1. The van der Waals surface area contributed by atoms with Crippen LogP contribution in [-0.2, 0) is 6.42 Å². The maximum Gasteiger partial charge on any atom is 0.00510 e. The SMILES string of the molecule is Cc1cccc(CCN2CCC(C)NCC(C)C2)c1. The van der Waals surface area contributed by atoms with Crippen LogP contribution in [0.3, 0.4) is 0 Å². The van der Waals surface area contributed by atoms with Gasteiger partial charge in [-0.25, -0.2) is 0 Å². The number of hydrogen-bond donors (Lipinski definition) is 1. The molecular formula is C17H28N2. The van der Waals surface area contributed by atoms with Crippen molar-refractivity contribution in [1.29, 1.82) is 0 Å². The van der Waals surface area contributed by atoms with Crippen molar-refractivity contribution < 1.29 is 0 Å². The molecule has 2 atom stereocenters. The van der Waals surface area contributed by atoms with Gasteiger partial charge in [0.05, 0.1) is 0 Å². The third-order valence-corrected chi connectivity index (χ3v) is 4.06. The minimum Gasteiger partial charge on any atom is -0.314 e. The van der Waals surface area contributed by atoms with Gasteiger partial charge in [0, 0.05) is 19.1 Å². The highest BCUT2D eigenvalue weighted by Crippen LogP contribution is 2.10. The van der Waals surface area contributed by atoms with Crippen LogP contribution in [0, 0.1) is 12.8 Å². The molecule has 1 N–H and O–H groups in total. The summed E-state index contributed by atoms with van der Waals surface area (Å²) in [5, 5.41) is 3.61. The maximum absolute atomic E-state index is 3.61. The van der Waals surface area contributed by atoms with E-state index in [2.05, 4.69) is 55.3 Å². The van der Waals surface area contributed by atoms with E-state index in [0.29, 0.717) is 6.04 Å². The van der Waals surface area contributed by atoms with Gasteiger partial charge in [-0.05, 0) is 51.3 Å². The summed E-state index contributed by atoms with van der Waals surface area (Å²) < 4.78 is 0. The number of benzene rings is 1. The van der Waals surface area contributed by atoms with E-state index in [9.17, 15) is 0 Å². The Bertz CT molecular complexity index is 389. The molecule has 1 aromatic rings. The minimum atomic E-state index is 0.657. The van der Waals surface area contributed by atoms with Gasteiger partial charge in [0.15, 0.2) is 0 Å². The number of nitrogens with one attached hydrogen (secondary N) is 1. The third kappa shape index (κ3) is 4.96. The average molecular weight is 260 g/mol. The van der Waals surface area contributed by atoms with E-state index in [-0.39, 0.29) is 0 Å². The van der Waals surface area contributed by atoms with Crippen LogP contribution >= 0.6 is 0 Å². The van der Waals surface area contributed by atoms with E-state index in [1.165, 1.54) is 43.6 Å². The molecule has 2 rings (SSSR count). The second-order valence-electron chi connectivity index (χ2n) is 6.24. The fourth-order valence-electron chi connectivity index (χ4n) is 2.84. The van der Waals surface area contributed by atoms with Gasteiger partial charge in [0.1, 0.15) is 0 Å². The Kier molecular flexibility index (Phi) is 5.41. The van der Waals surface area contributed by atoms with Crippen molar-refractivity contribution in [3.05, 3.63) is 35.4 Å². The molecule has 0 aliphatic carbocycles. The first-order valence-corrected chi connectivity index (χ1v) is 7.65. The van der Waals surface area contributed by atoms with E-state index < -0.39 is 0 Å². The van der Waals surface area contributed by atoms with Gasteiger partial charge in [-0.1, -0.05) is 36.8 Å². The minimum absolute atomic E-state index is 0.657. The zero-order valence-electron chi connectivity index (χ0n) is 12.7. The predicted octanol–water partition coefficient (Wildman–Crippen LogP) is 2.86. The van der Waals surface area contributed by atoms with Crippen molar-refractivity contribution in [2.24, 2.45) is 5.92 Å². The summed E-state index contributed by atoms with van der Waals surface area (Å²) in [6.45, 7) is 11.6. The summed E-state index contributed by atoms with van der Waals surface area (Å²) >= 11 is 0. The molecule has 1 aliphatic rings. The molecule has 1 saturated heterocycles. The van der Waals surface area contributed by atoms with Crippen LogP contribution in [0.2, 0.25) is 0 Å². The zero-order valence-corrected chi connectivity index (χ0v) is 12.7. The summed E-state index contributed by atoms with van der Waals surface area (Å²) in [7, 11) is 0. The lowest BCUT2D eigenvalue weighted by atomic mass is 10.1. The molecule has 1 heterocycles. The molecule has 0 radical (unpaired) electrons. The van der Waals surface area contributed by atoms with Crippen LogP contribution in [0.25, 0.3) is 0 Å². The largest absolute Gasteiger partial charge is 0.314 e. The van der Waals surface area contributed by atoms with Crippen molar-refractivity contribution in [3.8, 4) is 0 Å². The summed E-state index contributed by atoms with van der Waals surface area (Å²) in [6, 6.07) is 9.58. The standard InChI is InChI=1S/C17H28N2/c1-14-5-4-6-17(11-14)8-10-19-9-7-16(3)18-12-15(2)13-19/h4-6,11,15-16,18H,7-10,12-13H2,1-3H3. The second-order valence-corrected chi connectivity index (χ2v) is 6.24. The first kappa shape index (κ1) is 14.5. The van der Waals surface area contributed by atoms with Crippen molar-refractivity contribution in [2.45, 2.75) is 39.7 Å². The molecule has 0 aromatic heterocycles. The number of rotatable bonds is 3. The normalized spacial score (nSPS) is 25.8. The average Bonchev–Trinajstić information content (AvgIpc) is 2.38. The molecule has 0 bridgehead atoms. The molecule has 2 unspecified atom stereocenters. The topological polar surface area (TPSA) is 15.3 Å². The fraction of sp³-hybridized carbons (Fsp3) is 0.647. The first-order valence-electron chi connectivity index (χ1n) is 7.65. The summed E-state index contributed by atoms with van der Waals surface area (Å²) in [5.74, 6) is 0.750. The van der Waals surface area contributed by atoms with E-state index in [0.717, 1.165) is 12.5 Å². The number of hydrogen-bond acceptors (Lipinski definition) is 2. The van der Waals surface area contributed by atoms with Gasteiger partial charge in [0.2, 0.25) is 0 Å². The molecular weight excluding hydrogens is 232 g/mol. The zero-order chi connectivity index (χ0) is 13.7. The van der Waals surface area contributed by atoms with Crippen LogP contribution in [0.1, 0.15) is 31.4 Å². The fourth-order valence-corrected chi connectivity index (χ4v) is 2.84. The Morgan fingerprint density at radius 2 is 2.16 bits per heavy atom. The van der Waals surface area contributed by atoms with E-state index in [1.807, 2.05) is 0 Å². The highest BCUT2D eigenvalue weighted by molar-refractivity contribution is 5.22. The van der Waals surface area contributed by atoms with Crippen LogP contribution < -0.4 is 5.32 Å². The second kappa shape index (κ2) is 7.06. The molecule has 1 aliphatic heterocycles. The Labute approximate surface area is 118 Å². The smallest absolute Gasteiger partial charge is 0.00510 e. The van der Waals surface area contributed by atoms with Gasteiger partial charge in [0.25, 0.3) is 0 Å². The van der Waals surface area contributed by atoms with Gasteiger partial charge < -0.3 is 10.2 Å². The Morgan fingerprint density at radius 1 is 1.32 bits per heavy atom. The Hall–Kier alpha value is -0.860. The van der Waals surface area contributed by atoms with E-state index in [1.54, 1.807) is 0 Å². The Morgan fingerprint density at radius 3 is 2.95 bits per heavy atom. The highest BCUT2D eigenvalue weighted by atomic mass is 15.1. The highest BCUT2D eigenvalue weighted by Gasteiger charge is 2.16. The molecule has 19 heavy (non-hydrogen) atoms. The summed E-state index contributed by atoms with van der Waals surface area (Å²) in [4.78, 5) is 2.64. The van der Waals surface area contributed by atoms with Crippen LogP contribution in [0.5, 0.6) is 0 Å². The lowest BCUT2D eigenvalue weighted by Gasteiger charge is -2.31. The van der Waals surface area contributed by atoms with Crippen LogP contribution in [0.4, 0.5) is 0 Å². The van der Waals surface area contributed by atoms with E-state index in [4.69, 9.17) is 0 Å². The first-order chi connectivity index (χ1) is 9.13. The van der Waals surface area contributed by atoms with Crippen molar-refractivity contribution in [3.63, 3.8) is 0 Å². The predicted molar refractivity (Wildman–Crippen MR) is 82.6 cm³/mol. The van der Waals surface area contributed by atoms with Crippen LogP contribution in [-0.4, -0.2) is 37.1 Å². The van der Waals surface area contributed by atoms with Crippen molar-refractivity contribution in [2.75, 3.05) is 26.2 Å². The monoisotopic (exact) mass is 260 g/mol. The maximum atomic E-state index is 3.61. The number of nitrogens with zero attached hydrogens (tertiary/aromatic N) is 1. The van der Waals surface area contributed by atoms with Gasteiger partial charge in [-0.15, -0.1) is 0 Å². The Balaban J connectivity index is 1.86. The van der Waals surface area contributed by atoms with Crippen molar-refractivity contribution in [1.82, 2.24) is 10.2 Å². The third-order valence-electron chi connectivity index (χ3n) is 4.06. The lowest BCUT2D eigenvalue weighted by Crippen LogP contribution is -2.43. The van der Waals surface area contributed by atoms with Gasteiger partial charge in [-0.2, -0.15) is 0 Å². The molecule has 106 valence electrons. The summed E-state index contributed by atoms with van der Waals surface area (Å²) in [6.07, 6.45) is 2.44. The molecule has 0 amide bonds. The van der Waals surface area contributed by atoms with Crippen LogP contribution in [0.15, 0.2) is 24.3 Å². The molecule has 2 heteroatoms.